The van der Waals surface area contributed by atoms with Crippen molar-refractivity contribution in [1.82, 2.24) is 9.80 Å². The SMILES string of the molecule is CC(c1ccccc1)N(C)CC1CC(c2ccc(CN3CCCC3)cc2)C1. The van der Waals surface area contributed by atoms with Crippen molar-refractivity contribution >= 4 is 0 Å². The molecule has 0 N–H and O–H groups in total. The summed E-state index contributed by atoms with van der Waals surface area (Å²) >= 11 is 0. The Balaban J connectivity index is 1.24. The molecule has 1 aliphatic carbocycles. The van der Waals surface area contributed by atoms with Crippen LogP contribution in [0.3, 0.4) is 0 Å². The van der Waals surface area contributed by atoms with Crippen molar-refractivity contribution in [1.29, 1.82) is 0 Å². The van der Waals surface area contributed by atoms with Gasteiger partial charge in [-0.1, -0.05) is 54.6 Å². The molecule has 27 heavy (non-hydrogen) atoms. The van der Waals surface area contributed by atoms with Gasteiger partial charge in [-0.3, -0.25) is 9.80 Å². The Morgan fingerprint density at radius 2 is 1.63 bits per heavy atom. The lowest BCUT2D eigenvalue weighted by atomic mass is 9.71. The molecule has 0 radical (unpaired) electrons. The van der Waals surface area contributed by atoms with E-state index >= 15 is 0 Å². The average molecular weight is 363 g/mol. The van der Waals surface area contributed by atoms with Crippen LogP contribution < -0.4 is 0 Å². The zero-order chi connectivity index (χ0) is 18.6. The molecular weight excluding hydrogens is 328 g/mol. The van der Waals surface area contributed by atoms with Gasteiger partial charge >= 0.3 is 0 Å². The standard InChI is InChI=1S/C25H34N2/c1-20(23-8-4-3-5-9-23)26(2)18-22-16-25(17-22)24-12-10-21(11-13-24)19-27-14-6-7-15-27/h3-5,8-13,20,22,25H,6-7,14-19H2,1-2H3. The largest absolute Gasteiger partial charge is 0.299 e. The van der Waals surface area contributed by atoms with Crippen molar-refractivity contribution in [3.8, 4) is 0 Å². The van der Waals surface area contributed by atoms with E-state index in [2.05, 4.69) is 78.4 Å². The van der Waals surface area contributed by atoms with Crippen LogP contribution >= 0.6 is 0 Å². The highest BCUT2D eigenvalue weighted by Gasteiger charge is 2.31. The van der Waals surface area contributed by atoms with Gasteiger partial charge in [-0.05, 0) is 81.3 Å². The van der Waals surface area contributed by atoms with Gasteiger partial charge in [0, 0.05) is 19.1 Å². The van der Waals surface area contributed by atoms with Gasteiger partial charge in [0.05, 0.1) is 0 Å². The summed E-state index contributed by atoms with van der Waals surface area (Å²) in [6.07, 6.45) is 5.44. The lowest BCUT2D eigenvalue weighted by molar-refractivity contribution is 0.152. The first-order valence-electron chi connectivity index (χ1n) is 10.8. The van der Waals surface area contributed by atoms with Crippen LogP contribution in [-0.4, -0.2) is 36.5 Å². The molecule has 2 heteroatoms. The van der Waals surface area contributed by atoms with Gasteiger partial charge < -0.3 is 0 Å². The van der Waals surface area contributed by atoms with Crippen LogP contribution in [0.2, 0.25) is 0 Å². The highest BCUT2D eigenvalue weighted by atomic mass is 15.1. The normalized spacial score (nSPS) is 24.1. The summed E-state index contributed by atoms with van der Waals surface area (Å²) in [7, 11) is 2.28. The predicted molar refractivity (Wildman–Crippen MR) is 114 cm³/mol. The van der Waals surface area contributed by atoms with E-state index in [9.17, 15) is 0 Å². The third-order valence-electron chi connectivity index (χ3n) is 6.78. The van der Waals surface area contributed by atoms with Crippen molar-refractivity contribution < 1.29 is 0 Å². The van der Waals surface area contributed by atoms with E-state index in [1.807, 2.05) is 0 Å². The number of benzene rings is 2. The fourth-order valence-electron chi connectivity index (χ4n) is 4.80. The van der Waals surface area contributed by atoms with Crippen LogP contribution in [0.1, 0.15) is 61.3 Å². The van der Waals surface area contributed by atoms with E-state index in [4.69, 9.17) is 0 Å². The first kappa shape index (κ1) is 18.7. The molecule has 1 saturated heterocycles. The van der Waals surface area contributed by atoms with Gasteiger partial charge in [0.2, 0.25) is 0 Å². The third kappa shape index (κ3) is 4.62. The summed E-state index contributed by atoms with van der Waals surface area (Å²) in [6.45, 7) is 7.22. The summed E-state index contributed by atoms with van der Waals surface area (Å²) in [5.41, 5.74) is 4.45. The Morgan fingerprint density at radius 3 is 2.30 bits per heavy atom. The van der Waals surface area contributed by atoms with Crippen LogP contribution in [0, 0.1) is 5.92 Å². The van der Waals surface area contributed by atoms with E-state index in [-0.39, 0.29) is 0 Å². The molecule has 1 atom stereocenters. The van der Waals surface area contributed by atoms with Crippen molar-refractivity contribution in [2.45, 2.75) is 51.1 Å². The van der Waals surface area contributed by atoms with E-state index in [0.717, 1.165) is 18.4 Å². The first-order chi connectivity index (χ1) is 13.2. The van der Waals surface area contributed by atoms with E-state index in [1.54, 1.807) is 5.56 Å². The quantitative estimate of drug-likeness (QED) is 0.644. The highest BCUT2D eigenvalue weighted by Crippen LogP contribution is 2.42. The molecule has 2 aliphatic rings. The second-order valence-corrected chi connectivity index (χ2v) is 8.79. The summed E-state index contributed by atoms with van der Waals surface area (Å²) in [6, 6.07) is 20.9. The minimum atomic E-state index is 0.495. The van der Waals surface area contributed by atoms with Crippen molar-refractivity contribution in [2.75, 3.05) is 26.7 Å². The molecule has 144 valence electrons. The van der Waals surface area contributed by atoms with Gasteiger partial charge in [-0.25, -0.2) is 0 Å². The molecule has 0 aromatic heterocycles. The topological polar surface area (TPSA) is 6.48 Å². The molecule has 0 spiro atoms. The van der Waals surface area contributed by atoms with Crippen molar-refractivity contribution in [3.05, 3.63) is 71.3 Å². The summed E-state index contributed by atoms with van der Waals surface area (Å²) in [5, 5.41) is 0. The van der Waals surface area contributed by atoms with Gasteiger partial charge in [0.25, 0.3) is 0 Å². The molecule has 2 aromatic carbocycles. The van der Waals surface area contributed by atoms with E-state index in [1.165, 1.54) is 56.4 Å². The minimum Gasteiger partial charge on any atom is -0.299 e. The Kier molecular flexibility index (Phi) is 5.95. The Hall–Kier alpha value is -1.64. The van der Waals surface area contributed by atoms with Crippen LogP contribution in [0.25, 0.3) is 0 Å². The number of likely N-dealkylation sites (tertiary alicyclic amines) is 1. The van der Waals surface area contributed by atoms with E-state index < -0.39 is 0 Å². The molecule has 4 rings (SSSR count). The highest BCUT2D eigenvalue weighted by molar-refractivity contribution is 5.27. The lowest BCUT2D eigenvalue weighted by Gasteiger charge is -2.39. The summed E-state index contributed by atoms with van der Waals surface area (Å²) in [5.74, 6) is 1.62. The zero-order valence-electron chi connectivity index (χ0n) is 17.0. The molecule has 1 aliphatic heterocycles. The Morgan fingerprint density at radius 1 is 0.963 bits per heavy atom. The van der Waals surface area contributed by atoms with Crippen LogP contribution in [0.5, 0.6) is 0 Å². The summed E-state index contributed by atoms with van der Waals surface area (Å²) in [4.78, 5) is 5.10. The molecule has 2 fully saturated rings. The van der Waals surface area contributed by atoms with Crippen LogP contribution in [0.15, 0.2) is 54.6 Å². The second-order valence-electron chi connectivity index (χ2n) is 8.79. The number of nitrogens with zero attached hydrogens (tertiary/aromatic N) is 2. The number of rotatable bonds is 7. The molecule has 1 saturated carbocycles. The lowest BCUT2D eigenvalue weighted by Crippen LogP contribution is -2.34. The zero-order valence-corrected chi connectivity index (χ0v) is 17.0. The first-order valence-corrected chi connectivity index (χ1v) is 10.8. The minimum absolute atomic E-state index is 0.495. The van der Waals surface area contributed by atoms with Gasteiger partial charge in [0.1, 0.15) is 0 Å². The molecule has 1 heterocycles. The van der Waals surface area contributed by atoms with Gasteiger partial charge in [0.15, 0.2) is 0 Å². The Bertz CT molecular complexity index is 697. The monoisotopic (exact) mass is 362 g/mol. The van der Waals surface area contributed by atoms with Gasteiger partial charge in [-0.15, -0.1) is 0 Å². The third-order valence-corrected chi connectivity index (χ3v) is 6.78. The van der Waals surface area contributed by atoms with Crippen molar-refractivity contribution in [3.63, 3.8) is 0 Å². The molecule has 2 aromatic rings. The number of hydrogen-bond acceptors (Lipinski definition) is 2. The second kappa shape index (κ2) is 8.58. The number of hydrogen-bond donors (Lipinski definition) is 0. The molecule has 0 bridgehead atoms. The molecule has 0 amide bonds. The maximum atomic E-state index is 2.58. The van der Waals surface area contributed by atoms with Gasteiger partial charge in [-0.2, -0.15) is 0 Å². The maximum Gasteiger partial charge on any atom is 0.0316 e. The predicted octanol–water partition coefficient (Wildman–Crippen LogP) is 5.47. The summed E-state index contributed by atoms with van der Waals surface area (Å²) < 4.78 is 0. The smallest absolute Gasteiger partial charge is 0.0316 e. The van der Waals surface area contributed by atoms with Crippen LogP contribution in [0.4, 0.5) is 0 Å². The molecular formula is C25H34N2. The van der Waals surface area contributed by atoms with Crippen LogP contribution in [-0.2, 0) is 6.54 Å². The molecule has 2 nitrogen and oxygen atoms in total. The van der Waals surface area contributed by atoms with Crippen molar-refractivity contribution in [2.24, 2.45) is 5.92 Å². The van der Waals surface area contributed by atoms with E-state index in [0.29, 0.717) is 6.04 Å². The maximum absolute atomic E-state index is 2.58. The Labute approximate surface area is 165 Å². The average Bonchev–Trinajstić information content (AvgIpc) is 3.18. The molecule has 1 unspecified atom stereocenters. The fourth-order valence-corrected chi connectivity index (χ4v) is 4.80. The fraction of sp³-hybridized carbons (Fsp3) is 0.520.